The van der Waals surface area contributed by atoms with E-state index in [0.29, 0.717) is 17.4 Å². The van der Waals surface area contributed by atoms with E-state index in [1.165, 1.54) is 7.11 Å². The maximum Gasteiger partial charge on any atom is 0.227 e. The summed E-state index contributed by atoms with van der Waals surface area (Å²) in [6.07, 6.45) is 1.70. The van der Waals surface area contributed by atoms with Gasteiger partial charge in [-0.15, -0.1) is 11.3 Å². The Kier molecular flexibility index (Phi) is 4.26. The molecule has 2 heterocycles. The fourth-order valence-corrected chi connectivity index (χ4v) is 3.26. The van der Waals surface area contributed by atoms with Crippen LogP contribution in [0.15, 0.2) is 46.4 Å². The minimum absolute atomic E-state index is 0.0610. The molecule has 3 aromatic rings. The Bertz CT molecular complexity index is 807. The highest BCUT2D eigenvalue weighted by Gasteiger charge is 2.07. The van der Waals surface area contributed by atoms with Gasteiger partial charge in [-0.3, -0.25) is 0 Å². The van der Waals surface area contributed by atoms with Gasteiger partial charge in [-0.05, 0) is 46.3 Å². The lowest BCUT2D eigenvalue weighted by Gasteiger charge is -2.08. The number of hydrogen-bond donors (Lipinski definition) is 2. The minimum atomic E-state index is 0.0610. The Balaban J connectivity index is 1.85. The van der Waals surface area contributed by atoms with Gasteiger partial charge >= 0.3 is 0 Å². The first-order valence-electron chi connectivity index (χ1n) is 6.38. The predicted molar refractivity (Wildman–Crippen MR) is 91.0 cm³/mol. The molecule has 2 N–H and O–H groups in total. The third-order valence-electron chi connectivity index (χ3n) is 2.92. The first kappa shape index (κ1) is 14.8. The van der Waals surface area contributed by atoms with Gasteiger partial charge in [-0.1, -0.05) is 0 Å². The second kappa shape index (κ2) is 6.33. The summed E-state index contributed by atoms with van der Waals surface area (Å²) in [5, 5.41) is 12.9. The van der Waals surface area contributed by atoms with Crippen LogP contribution in [0.1, 0.15) is 0 Å². The number of ether oxygens (including phenoxy) is 1. The van der Waals surface area contributed by atoms with Crippen LogP contribution in [0.4, 0.5) is 11.6 Å². The summed E-state index contributed by atoms with van der Waals surface area (Å²) in [6.45, 7) is 0. The van der Waals surface area contributed by atoms with Crippen LogP contribution in [-0.4, -0.2) is 22.2 Å². The van der Waals surface area contributed by atoms with Crippen molar-refractivity contribution in [1.29, 1.82) is 0 Å². The lowest BCUT2D eigenvalue weighted by Crippen LogP contribution is -1.97. The van der Waals surface area contributed by atoms with Gasteiger partial charge in [0.2, 0.25) is 5.95 Å². The van der Waals surface area contributed by atoms with Crippen LogP contribution >= 0.6 is 27.3 Å². The number of rotatable bonds is 4. The second-order valence-electron chi connectivity index (χ2n) is 4.38. The third-order valence-corrected chi connectivity index (χ3v) is 4.56. The fourth-order valence-electron chi connectivity index (χ4n) is 1.90. The molecule has 0 atom stereocenters. The molecular weight excluding hydrogens is 366 g/mol. The summed E-state index contributed by atoms with van der Waals surface area (Å²) in [5.74, 6) is 0.945. The van der Waals surface area contributed by atoms with Crippen LogP contribution < -0.4 is 10.1 Å². The lowest BCUT2D eigenvalue weighted by molar-refractivity contribution is 0.373. The minimum Gasteiger partial charge on any atom is -0.504 e. The van der Waals surface area contributed by atoms with Crippen LogP contribution in [0.2, 0.25) is 0 Å². The number of nitrogens with one attached hydrogen (secondary N) is 1. The summed E-state index contributed by atoms with van der Waals surface area (Å²) in [4.78, 5) is 9.73. The van der Waals surface area contributed by atoms with Crippen LogP contribution in [0.25, 0.3) is 10.6 Å². The molecule has 0 aliphatic rings. The monoisotopic (exact) mass is 377 g/mol. The van der Waals surface area contributed by atoms with Crippen molar-refractivity contribution in [2.75, 3.05) is 12.4 Å². The number of thiophene rings is 1. The SMILES string of the molecule is COc1ccc(Nc2nccc(-c3ccc(Br)s3)n2)cc1O. The van der Waals surface area contributed by atoms with Gasteiger partial charge in [0.25, 0.3) is 0 Å². The summed E-state index contributed by atoms with van der Waals surface area (Å²) in [7, 11) is 1.51. The van der Waals surface area contributed by atoms with Crippen LogP contribution in [-0.2, 0) is 0 Å². The molecule has 0 spiro atoms. The van der Waals surface area contributed by atoms with E-state index in [1.54, 1.807) is 35.7 Å². The Morgan fingerprint density at radius 1 is 1.23 bits per heavy atom. The first-order chi connectivity index (χ1) is 10.7. The van der Waals surface area contributed by atoms with E-state index < -0.39 is 0 Å². The van der Waals surface area contributed by atoms with Crippen molar-refractivity contribution in [3.8, 4) is 22.1 Å². The molecule has 7 heteroatoms. The van der Waals surface area contributed by atoms with Gasteiger partial charge in [-0.25, -0.2) is 9.97 Å². The zero-order chi connectivity index (χ0) is 15.5. The first-order valence-corrected chi connectivity index (χ1v) is 7.99. The summed E-state index contributed by atoms with van der Waals surface area (Å²) >= 11 is 5.05. The van der Waals surface area contributed by atoms with Crippen molar-refractivity contribution in [2.24, 2.45) is 0 Å². The number of phenols is 1. The van der Waals surface area contributed by atoms with Crippen molar-refractivity contribution >= 4 is 38.9 Å². The van der Waals surface area contributed by atoms with E-state index in [2.05, 4.69) is 31.2 Å². The zero-order valence-electron chi connectivity index (χ0n) is 11.6. The highest BCUT2D eigenvalue weighted by molar-refractivity contribution is 9.11. The number of aromatic nitrogens is 2. The molecule has 0 fully saturated rings. The molecule has 0 radical (unpaired) electrons. The van der Waals surface area contributed by atoms with Crippen LogP contribution in [0.3, 0.4) is 0 Å². The zero-order valence-corrected chi connectivity index (χ0v) is 14.0. The molecule has 1 aromatic carbocycles. The molecule has 0 aliphatic heterocycles. The predicted octanol–water partition coefficient (Wildman–Crippen LogP) is 4.43. The quantitative estimate of drug-likeness (QED) is 0.703. The normalized spacial score (nSPS) is 10.5. The van der Waals surface area contributed by atoms with Gasteiger partial charge < -0.3 is 15.2 Å². The summed E-state index contributed by atoms with van der Waals surface area (Å²) < 4.78 is 6.07. The lowest BCUT2D eigenvalue weighted by atomic mass is 10.3. The van der Waals surface area contributed by atoms with Gasteiger partial charge in [-0.2, -0.15) is 0 Å². The molecule has 5 nitrogen and oxygen atoms in total. The van der Waals surface area contributed by atoms with E-state index in [-0.39, 0.29) is 5.75 Å². The fraction of sp³-hybridized carbons (Fsp3) is 0.0667. The molecule has 22 heavy (non-hydrogen) atoms. The van der Waals surface area contributed by atoms with Crippen molar-refractivity contribution in [1.82, 2.24) is 9.97 Å². The van der Waals surface area contributed by atoms with E-state index >= 15 is 0 Å². The Morgan fingerprint density at radius 3 is 2.77 bits per heavy atom. The number of methoxy groups -OCH3 is 1. The highest BCUT2D eigenvalue weighted by Crippen LogP contribution is 2.32. The molecule has 0 bridgehead atoms. The highest BCUT2D eigenvalue weighted by atomic mass is 79.9. The van der Waals surface area contributed by atoms with Crippen molar-refractivity contribution in [3.63, 3.8) is 0 Å². The molecule has 0 amide bonds. The van der Waals surface area contributed by atoms with Crippen LogP contribution in [0.5, 0.6) is 11.5 Å². The molecule has 2 aromatic heterocycles. The van der Waals surface area contributed by atoms with Gasteiger partial charge in [0.15, 0.2) is 11.5 Å². The van der Waals surface area contributed by atoms with Crippen LogP contribution in [0, 0.1) is 0 Å². The smallest absolute Gasteiger partial charge is 0.227 e. The Hall–Kier alpha value is -2.12. The molecule has 0 saturated carbocycles. The number of anilines is 2. The average Bonchev–Trinajstić information content (AvgIpc) is 2.94. The third kappa shape index (κ3) is 3.20. The van der Waals surface area contributed by atoms with Gasteiger partial charge in [0.05, 0.1) is 21.5 Å². The maximum atomic E-state index is 9.80. The molecule has 3 rings (SSSR count). The van der Waals surface area contributed by atoms with Crippen molar-refractivity contribution in [3.05, 3.63) is 46.4 Å². The average molecular weight is 378 g/mol. The standard InChI is InChI=1S/C15H12BrN3O2S/c1-21-12-3-2-9(8-11(12)20)18-15-17-7-6-10(19-15)13-4-5-14(16)22-13/h2-8,20H,1H3,(H,17,18,19). The maximum absolute atomic E-state index is 9.80. The van der Waals surface area contributed by atoms with E-state index in [0.717, 1.165) is 14.4 Å². The summed E-state index contributed by atoms with van der Waals surface area (Å²) in [6, 6.07) is 10.9. The van der Waals surface area contributed by atoms with E-state index in [4.69, 9.17) is 4.74 Å². The Morgan fingerprint density at radius 2 is 2.09 bits per heavy atom. The van der Waals surface area contributed by atoms with E-state index in [1.807, 2.05) is 18.2 Å². The molecule has 0 saturated heterocycles. The number of hydrogen-bond acceptors (Lipinski definition) is 6. The molecule has 112 valence electrons. The topological polar surface area (TPSA) is 67.3 Å². The Labute approximate surface area is 139 Å². The number of aromatic hydroxyl groups is 1. The molecule has 0 unspecified atom stereocenters. The van der Waals surface area contributed by atoms with Gasteiger partial charge in [0.1, 0.15) is 0 Å². The van der Waals surface area contributed by atoms with Crippen molar-refractivity contribution in [2.45, 2.75) is 0 Å². The molecular formula is C15H12BrN3O2S. The van der Waals surface area contributed by atoms with E-state index in [9.17, 15) is 5.11 Å². The second-order valence-corrected chi connectivity index (χ2v) is 6.84. The number of halogens is 1. The largest absolute Gasteiger partial charge is 0.504 e. The van der Waals surface area contributed by atoms with Gasteiger partial charge in [0, 0.05) is 18.0 Å². The van der Waals surface area contributed by atoms with Crippen molar-refractivity contribution < 1.29 is 9.84 Å². The number of phenolic OH excluding ortho intramolecular Hbond substituents is 1. The number of nitrogens with zero attached hydrogens (tertiary/aromatic N) is 2. The number of benzene rings is 1. The molecule has 0 aliphatic carbocycles. The summed E-state index contributed by atoms with van der Waals surface area (Å²) in [5.41, 5.74) is 1.52.